The van der Waals surface area contributed by atoms with Gasteiger partial charge in [-0.05, 0) is 20.4 Å². The molecule has 0 bridgehead atoms. The first-order valence-electron chi connectivity index (χ1n) is 6.02. The smallest absolute Gasteiger partial charge is 0.475 e. The zero-order valence-corrected chi connectivity index (χ0v) is 11.7. The lowest BCUT2D eigenvalue weighted by Crippen LogP contribution is -2.32. The number of esters is 1. The molecule has 0 radical (unpaired) electrons. The summed E-state index contributed by atoms with van der Waals surface area (Å²) in [6.07, 6.45) is -4.11. The van der Waals surface area contributed by atoms with Crippen molar-refractivity contribution in [2.75, 3.05) is 26.7 Å². The molecule has 124 valence electrons. The van der Waals surface area contributed by atoms with Crippen molar-refractivity contribution >= 4 is 17.8 Å². The summed E-state index contributed by atoms with van der Waals surface area (Å²) in [4.78, 5) is 30.7. The molecule has 0 unspecified atom stereocenters. The van der Waals surface area contributed by atoms with E-state index in [1.54, 1.807) is 14.0 Å². The van der Waals surface area contributed by atoms with E-state index in [0.29, 0.717) is 32.5 Å². The molecular weight excluding hydrogens is 297 g/mol. The molecule has 0 aromatic rings. The van der Waals surface area contributed by atoms with E-state index in [-0.39, 0.29) is 11.9 Å². The molecule has 3 N–H and O–H groups in total. The van der Waals surface area contributed by atoms with Crippen molar-refractivity contribution < 1.29 is 37.4 Å². The number of carbonyl (C=O) groups excluding carboxylic acids is 2. The van der Waals surface area contributed by atoms with E-state index in [1.807, 2.05) is 0 Å². The molecule has 0 fully saturated rings. The summed E-state index contributed by atoms with van der Waals surface area (Å²) in [6.45, 7) is 3.00. The Labute approximate surface area is 119 Å². The third-order valence-corrected chi connectivity index (χ3v) is 1.77. The summed E-state index contributed by atoms with van der Waals surface area (Å²) in [5.41, 5.74) is 0. The first-order valence-corrected chi connectivity index (χ1v) is 6.02. The quantitative estimate of drug-likeness (QED) is 0.461. The molecule has 1 amide bonds. The molecule has 0 heterocycles. The number of carbonyl (C=O) groups is 3. The van der Waals surface area contributed by atoms with Gasteiger partial charge in [0.2, 0.25) is 5.91 Å². The van der Waals surface area contributed by atoms with Gasteiger partial charge in [0.25, 0.3) is 0 Å². The number of carboxylic acids is 1. The standard InChI is InChI=1S/C9H18N2O3.C2HF3O2/c1-3-14-9(13)5-4-6-11-8(12)7-10-2;3-2(4,5)1(6)7/h10H,3-7H2,1-2H3,(H,11,12);(H,6,7). The maximum absolute atomic E-state index is 10.9. The molecule has 0 aliphatic carbocycles. The number of ether oxygens (including phenoxy) is 1. The van der Waals surface area contributed by atoms with Crippen molar-refractivity contribution in [2.45, 2.75) is 25.9 Å². The first-order chi connectivity index (χ1) is 9.65. The Morgan fingerprint density at radius 3 is 2.14 bits per heavy atom. The summed E-state index contributed by atoms with van der Waals surface area (Å²) in [7, 11) is 1.71. The SMILES string of the molecule is CCOC(=O)CCCNC(=O)CNC.O=C(O)C(F)(F)F. The average Bonchev–Trinajstić information content (AvgIpc) is 2.35. The molecule has 0 atom stereocenters. The highest BCUT2D eigenvalue weighted by molar-refractivity contribution is 5.78. The Balaban J connectivity index is 0. The van der Waals surface area contributed by atoms with Crippen LogP contribution in [-0.4, -0.2) is 55.9 Å². The molecular formula is C11H19F3N2O5. The van der Waals surface area contributed by atoms with Crippen molar-refractivity contribution in [1.29, 1.82) is 0 Å². The minimum absolute atomic E-state index is 0.0589. The minimum Gasteiger partial charge on any atom is -0.475 e. The predicted octanol–water partition coefficient (Wildman–Crippen LogP) is 0.299. The van der Waals surface area contributed by atoms with Gasteiger partial charge in [0, 0.05) is 13.0 Å². The van der Waals surface area contributed by atoms with Gasteiger partial charge in [-0.1, -0.05) is 0 Å². The molecule has 0 aliphatic heterocycles. The fourth-order valence-corrected chi connectivity index (χ4v) is 0.917. The number of alkyl halides is 3. The fraction of sp³-hybridized carbons (Fsp3) is 0.727. The number of hydrogen-bond acceptors (Lipinski definition) is 5. The Bertz CT molecular complexity index is 314. The van der Waals surface area contributed by atoms with E-state index in [0.717, 1.165) is 0 Å². The van der Waals surface area contributed by atoms with Crippen LogP contribution < -0.4 is 10.6 Å². The van der Waals surface area contributed by atoms with Gasteiger partial charge in [0.15, 0.2) is 0 Å². The maximum atomic E-state index is 10.9. The van der Waals surface area contributed by atoms with E-state index in [1.165, 1.54) is 0 Å². The number of hydrogen-bond donors (Lipinski definition) is 3. The second-order valence-corrected chi connectivity index (χ2v) is 3.59. The molecule has 10 heteroatoms. The highest BCUT2D eigenvalue weighted by Crippen LogP contribution is 2.13. The van der Waals surface area contributed by atoms with Gasteiger partial charge in [0.1, 0.15) is 0 Å². The van der Waals surface area contributed by atoms with Gasteiger partial charge in [-0.3, -0.25) is 9.59 Å². The highest BCUT2D eigenvalue weighted by atomic mass is 19.4. The number of amides is 1. The predicted molar refractivity (Wildman–Crippen MR) is 66.5 cm³/mol. The number of halogens is 3. The molecule has 0 saturated heterocycles. The van der Waals surface area contributed by atoms with Crippen LogP contribution in [0.1, 0.15) is 19.8 Å². The lowest BCUT2D eigenvalue weighted by molar-refractivity contribution is -0.192. The zero-order valence-electron chi connectivity index (χ0n) is 11.7. The van der Waals surface area contributed by atoms with Crippen LogP contribution in [0.2, 0.25) is 0 Å². The highest BCUT2D eigenvalue weighted by Gasteiger charge is 2.38. The third-order valence-electron chi connectivity index (χ3n) is 1.77. The monoisotopic (exact) mass is 316 g/mol. The van der Waals surface area contributed by atoms with Gasteiger partial charge in [0.05, 0.1) is 13.2 Å². The summed E-state index contributed by atoms with van der Waals surface area (Å²) in [5.74, 6) is -3.03. The fourth-order valence-electron chi connectivity index (χ4n) is 0.917. The average molecular weight is 316 g/mol. The number of carboxylic acid groups (broad SMARTS) is 1. The van der Waals surface area contributed by atoms with Crippen LogP contribution >= 0.6 is 0 Å². The lowest BCUT2D eigenvalue weighted by Gasteiger charge is -2.04. The third kappa shape index (κ3) is 16.1. The van der Waals surface area contributed by atoms with Crippen molar-refractivity contribution in [2.24, 2.45) is 0 Å². The molecule has 0 aromatic heterocycles. The second-order valence-electron chi connectivity index (χ2n) is 3.59. The molecule has 0 aromatic carbocycles. The topological polar surface area (TPSA) is 105 Å². The van der Waals surface area contributed by atoms with Gasteiger partial charge >= 0.3 is 18.1 Å². The van der Waals surface area contributed by atoms with Crippen LogP contribution in [0.5, 0.6) is 0 Å². The van der Waals surface area contributed by atoms with E-state index in [2.05, 4.69) is 10.6 Å². The summed E-state index contributed by atoms with van der Waals surface area (Å²) < 4.78 is 36.5. The number of rotatable bonds is 7. The molecule has 0 spiro atoms. The minimum atomic E-state index is -5.08. The van der Waals surface area contributed by atoms with Gasteiger partial charge in [-0.25, -0.2) is 4.79 Å². The molecule has 7 nitrogen and oxygen atoms in total. The number of aliphatic carboxylic acids is 1. The van der Waals surface area contributed by atoms with Crippen molar-refractivity contribution in [1.82, 2.24) is 10.6 Å². The first kappa shape index (κ1) is 21.5. The maximum Gasteiger partial charge on any atom is 0.490 e. The largest absolute Gasteiger partial charge is 0.490 e. The zero-order chi connectivity index (χ0) is 16.9. The Hall–Kier alpha value is -1.84. The Morgan fingerprint density at radius 2 is 1.76 bits per heavy atom. The van der Waals surface area contributed by atoms with Crippen molar-refractivity contribution in [3.63, 3.8) is 0 Å². The van der Waals surface area contributed by atoms with E-state index in [9.17, 15) is 22.8 Å². The second kappa shape index (κ2) is 11.9. The lowest BCUT2D eigenvalue weighted by atomic mass is 10.3. The Morgan fingerprint density at radius 1 is 1.24 bits per heavy atom. The summed E-state index contributed by atoms with van der Waals surface area (Å²) in [6, 6.07) is 0. The van der Waals surface area contributed by atoms with Crippen LogP contribution in [0.25, 0.3) is 0 Å². The molecule has 0 aliphatic rings. The molecule has 21 heavy (non-hydrogen) atoms. The summed E-state index contributed by atoms with van der Waals surface area (Å²) >= 11 is 0. The summed E-state index contributed by atoms with van der Waals surface area (Å²) in [5, 5.41) is 12.5. The van der Waals surface area contributed by atoms with Gasteiger partial charge in [-0.2, -0.15) is 13.2 Å². The van der Waals surface area contributed by atoms with Crippen LogP contribution in [0.4, 0.5) is 13.2 Å². The van der Waals surface area contributed by atoms with Crippen molar-refractivity contribution in [3.8, 4) is 0 Å². The van der Waals surface area contributed by atoms with Crippen LogP contribution in [0, 0.1) is 0 Å². The van der Waals surface area contributed by atoms with Crippen LogP contribution in [0.3, 0.4) is 0 Å². The Kier molecular flexibility index (Phi) is 12.2. The molecule has 0 saturated carbocycles. The van der Waals surface area contributed by atoms with E-state index < -0.39 is 12.1 Å². The van der Waals surface area contributed by atoms with Crippen molar-refractivity contribution in [3.05, 3.63) is 0 Å². The van der Waals surface area contributed by atoms with Gasteiger partial charge < -0.3 is 20.5 Å². The molecule has 0 rings (SSSR count). The number of likely N-dealkylation sites (N-methyl/N-ethyl adjacent to an activating group) is 1. The van der Waals surface area contributed by atoms with Crippen LogP contribution in [0.15, 0.2) is 0 Å². The van der Waals surface area contributed by atoms with Gasteiger partial charge in [-0.15, -0.1) is 0 Å². The van der Waals surface area contributed by atoms with E-state index in [4.69, 9.17) is 14.6 Å². The normalized spacial score (nSPS) is 10.1. The van der Waals surface area contributed by atoms with Crippen LogP contribution in [-0.2, 0) is 19.1 Å². The number of nitrogens with one attached hydrogen (secondary N) is 2. The van der Waals surface area contributed by atoms with E-state index >= 15 is 0 Å².